The first kappa shape index (κ1) is 24.7. The summed E-state index contributed by atoms with van der Waals surface area (Å²) in [7, 11) is 1.69. The number of hydrogen-bond donors (Lipinski definition) is 1. The highest BCUT2D eigenvalue weighted by Crippen LogP contribution is 2.32. The second kappa shape index (κ2) is 12.3. The maximum absolute atomic E-state index is 11.3. The molecular formula is C29H33N3O3. The van der Waals surface area contributed by atoms with Crippen molar-refractivity contribution < 1.29 is 14.6 Å². The SMILES string of the molecule is COc1ccc2nccc(CCCC3CCN(CC#Cc4cccnc4)CC3CCC(=O)O)c2c1. The maximum atomic E-state index is 11.3. The first-order chi connectivity index (χ1) is 17.1. The predicted molar refractivity (Wildman–Crippen MR) is 137 cm³/mol. The van der Waals surface area contributed by atoms with Crippen LogP contribution in [0.5, 0.6) is 5.75 Å². The quantitative estimate of drug-likeness (QED) is 0.451. The summed E-state index contributed by atoms with van der Waals surface area (Å²) in [5.74, 6) is 7.51. The molecule has 2 aromatic heterocycles. The van der Waals surface area contributed by atoms with E-state index in [0.717, 1.165) is 67.4 Å². The Morgan fingerprint density at radius 1 is 1.20 bits per heavy atom. The Morgan fingerprint density at radius 3 is 2.91 bits per heavy atom. The molecule has 0 aliphatic carbocycles. The fourth-order valence-electron chi connectivity index (χ4n) is 5.09. The summed E-state index contributed by atoms with van der Waals surface area (Å²) in [5, 5.41) is 10.4. The number of carbonyl (C=O) groups is 1. The van der Waals surface area contributed by atoms with Crippen LogP contribution in [-0.4, -0.2) is 52.7 Å². The minimum absolute atomic E-state index is 0.227. The second-order valence-corrected chi connectivity index (χ2v) is 9.27. The van der Waals surface area contributed by atoms with E-state index in [9.17, 15) is 9.90 Å². The van der Waals surface area contributed by atoms with Crippen LogP contribution in [0.15, 0.2) is 55.0 Å². The number of methoxy groups -OCH3 is 1. The molecule has 1 saturated heterocycles. The zero-order valence-electron chi connectivity index (χ0n) is 20.3. The van der Waals surface area contributed by atoms with Crippen LogP contribution < -0.4 is 4.74 Å². The molecular weight excluding hydrogens is 438 g/mol. The number of carboxylic acid groups (broad SMARTS) is 1. The van der Waals surface area contributed by atoms with Gasteiger partial charge in [0.1, 0.15) is 5.75 Å². The van der Waals surface area contributed by atoms with Crippen LogP contribution in [0.4, 0.5) is 0 Å². The number of carboxylic acids is 1. The fourth-order valence-corrected chi connectivity index (χ4v) is 5.09. The van der Waals surface area contributed by atoms with Gasteiger partial charge in [-0.25, -0.2) is 0 Å². The molecule has 1 aliphatic heterocycles. The van der Waals surface area contributed by atoms with Crippen LogP contribution in [0.25, 0.3) is 10.9 Å². The Labute approximate surface area is 207 Å². The molecule has 6 heteroatoms. The molecule has 0 radical (unpaired) electrons. The lowest BCUT2D eigenvalue weighted by atomic mass is 9.79. The number of ether oxygens (including phenoxy) is 1. The summed E-state index contributed by atoms with van der Waals surface area (Å²) >= 11 is 0. The van der Waals surface area contributed by atoms with Crippen molar-refractivity contribution in [1.29, 1.82) is 0 Å². The number of aromatic nitrogens is 2. The van der Waals surface area contributed by atoms with Gasteiger partial charge in [-0.1, -0.05) is 11.8 Å². The van der Waals surface area contributed by atoms with Gasteiger partial charge in [0.25, 0.3) is 0 Å². The van der Waals surface area contributed by atoms with Crippen molar-refractivity contribution in [3.8, 4) is 17.6 Å². The summed E-state index contributed by atoms with van der Waals surface area (Å²) in [4.78, 5) is 22.2. The number of fused-ring (bicyclic) bond motifs is 1. The van der Waals surface area contributed by atoms with Gasteiger partial charge in [-0.3, -0.25) is 19.7 Å². The van der Waals surface area contributed by atoms with E-state index < -0.39 is 5.97 Å². The van der Waals surface area contributed by atoms with Crippen molar-refractivity contribution in [1.82, 2.24) is 14.9 Å². The molecule has 3 aromatic rings. The van der Waals surface area contributed by atoms with Gasteiger partial charge in [0.15, 0.2) is 0 Å². The van der Waals surface area contributed by atoms with E-state index in [1.54, 1.807) is 19.5 Å². The predicted octanol–water partition coefficient (Wildman–Crippen LogP) is 4.82. The lowest BCUT2D eigenvalue weighted by molar-refractivity contribution is -0.137. The van der Waals surface area contributed by atoms with Crippen molar-refractivity contribution in [3.05, 3.63) is 66.1 Å². The van der Waals surface area contributed by atoms with Gasteiger partial charge in [-0.05, 0) is 92.4 Å². The molecule has 1 aliphatic rings. The molecule has 1 aromatic carbocycles. The van der Waals surface area contributed by atoms with Crippen LogP contribution in [0.1, 0.15) is 43.2 Å². The minimum Gasteiger partial charge on any atom is -0.497 e. The molecule has 2 unspecified atom stereocenters. The largest absolute Gasteiger partial charge is 0.497 e. The third-order valence-electron chi connectivity index (χ3n) is 6.96. The summed E-state index contributed by atoms with van der Waals surface area (Å²) < 4.78 is 5.41. The standard InChI is InChI=1S/C29H33N3O3/c1-35-26-10-11-28-27(19-26)24(13-16-31-28)8-2-7-23-14-18-32(21-25(23)9-12-29(33)34)17-4-6-22-5-3-15-30-20-22/h3,5,10-11,13,15-16,19-20,23,25H,2,7-9,12,14,17-18,21H2,1H3,(H,33,34). The topological polar surface area (TPSA) is 75.5 Å². The summed E-state index contributed by atoms with van der Waals surface area (Å²) in [6, 6.07) is 12.0. The molecule has 2 atom stereocenters. The molecule has 0 spiro atoms. The summed E-state index contributed by atoms with van der Waals surface area (Å²) in [5.41, 5.74) is 3.20. The van der Waals surface area contributed by atoms with E-state index in [1.807, 2.05) is 30.5 Å². The van der Waals surface area contributed by atoms with Gasteiger partial charge in [0, 0.05) is 42.5 Å². The van der Waals surface area contributed by atoms with Crippen molar-refractivity contribution in [2.75, 3.05) is 26.7 Å². The van der Waals surface area contributed by atoms with Gasteiger partial charge < -0.3 is 9.84 Å². The molecule has 1 fully saturated rings. The molecule has 1 N–H and O–H groups in total. The average Bonchev–Trinajstić information content (AvgIpc) is 2.88. The molecule has 6 nitrogen and oxygen atoms in total. The highest BCUT2D eigenvalue weighted by molar-refractivity contribution is 5.83. The Kier molecular flexibility index (Phi) is 8.69. The van der Waals surface area contributed by atoms with Crippen molar-refractivity contribution in [2.45, 2.75) is 38.5 Å². The number of piperidine rings is 1. The molecule has 4 rings (SSSR count). The highest BCUT2D eigenvalue weighted by atomic mass is 16.5. The number of pyridine rings is 2. The average molecular weight is 472 g/mol. The molecule has 0 saturated carbocycles. The van der Waals surface area contributed by atoms with Gasteiger partial charge in [-0.15, -0.1) is 0 Å². The van der Waals surface area contributed by atoms with Crippen molar-refractivity contribution in [2.24, 2.45) is 11.8 Å². The molecule has 3 heterocycles. The third-order valence-corrected chi connectivity index (χ3v) is 6.96. The Bertz CT molecular complexity index is 1190. The first-order valence-corrected chi connectivity index (χ1v) is 12.4. The minimum atomic E-state index is -0.713. The molecule has 0 bridgehead atoms. The van der Waals surface area contributed by atoms with Crippen molar-refractivity contribution >= 4 is 16.9 Å². The lowest BCUT2D eigenvalue weighted by Gasteiger charge is -2.38. The van der Waals surface area contributed by atoms with Crippen LogP contribution in [-0.2, 0) is 11.2 Å². The number of aliphatic carboxylic acids is 1. The summed E-state index contributed by atoms with van der Waals surface area (Å²) in [6.07, 6.45) is 10.6. The number of hydrogen-bond acceptors (Lipinski definition) is 5. The first-order valence-electron chi connectivity index (χ1n) is 12.4. The van der Waals surface area contributed by atoms with E-state index >= 15 is 0 Å². The zero-order valence-corrected chi connectivity index (χ0v) is 20.3. The summed E-state index contributed by atoms with van der Waals surface area (Å²) in [6.45, 7) is 2.62. The van der Waals surface area contributed by atoms with E-state index in [4.69, 9.17) is 4.74 Å². The number of benzene rings is 1. The van der Waals surface area contributed by atoms with Crippen LogP contribution >= 0.6 is 0 Å². The second-order valence-electron chi connectivity index (χ2n) is 9.27. The van der Waals surface area contributed by atoms with Gasteiger partial charge in [-0.2, -0.15) is 0 Å². The Balaban J connectivity index is 1.35. The van der Waals surface area contributed by atoms with Gasteiger partial charge >= 0.3 is 5.97 Å². The maximum Gasteiger partial charge on any atom is 0.303 e. The molecule has 35 heavy (non-hydrogen) atoms. The van der Waals surface area contributed by atoms with Crippen LogP contribution in [0.2, 0.25) is 0 Å². The number of aryl methyl sites for hydroxylation is 1. The van der Waals surface area contributed by atoms with Gasteiger partial charge in [0.05, 0.1) is 19.2 Å². The Morgan fingerprint density at radius 2 is 2.11 bits per heavy atom. The van der Waals surface area contributed by atoms with E-state index in [0.29, 0.717) is 18.4 Å². The number of rotatable bonds is 9. The van der Waals surface area contributed by atoms with E-state index in [2.05, 4.69) is 38.8 Å². The van der Waals surface area contributed by atoms with Crippen molar-refractivity contribution in [3.63, 3.8) is 0 Å². The molecule has 182 valence electrons. The van der Waals surface area contributed by atoms with E-state index in [1.165, 1.54) is 5.56 Å². The highest BCUT2D eigenvalue weighted by Gasteiger charge is 2.28. The van der Waals surface area contributed by atoms with Crippen LogP contribution in [0, 0.1) is 23.7 Å². The normalized spacial score (nSPS) is 18.1. The molecule has 0 amide bonds. The Hall–Kier alpha value is -3.43. The smallest absolute Gasteiger partial charge is 0.303 e. The third kappa shape index (κ3) is 7.03. The van der Waals surface area contributed by atoms with Crippen LogP contribution in [0.3, 0.4) is 0 Å². The number of likely N-dealkylation sites (tertiary alicyclic amines) is 1. The monoisotopic (exact) mass is 471 g/mol. The lowest BCUT2D eigenvalue weighted by Crippen LogP contribution is -2.41. The van der Waals surface area contributed by atoms with E-state index in [-0.39, 0.29) is 6.42 Å². The van der Waals surface area contributed by atoms with Gasteiger partial charge in [0.2, 0.25) is 0 Å². The number of nitrogens with zero attached hydrogens (tertiary/aromatic N) is 3. The zero-order chi connectivity index (χ0) is 24.5. The fraction of sp³-hybridized carbons (Fsp3) is 0.414.